The number of amides is 2. The number of aliphatic hydroxyl groups excluding tert-OH is 1. The quantitative estimate of drug-likeness (QED) is 0.652. The second-order valence-electron chi connectivity index (χ2n) is 8.57. The van der Waals surface area contributed by atoms with Gasteiger partial charge in [-0.05, 0) is 49.1 Å². The molecule has 31 heavy (non-hydrogen) atoms. The van der Waals surface area contributed by atoms with Crippen LogP contribution in [-0.2, 0) is 9.59 Å². The Morgan fingerprint density at radius 2 is 1.97 bits per heavy atom. The van der Waals surface area contributed by atoms with Crippen LogP contribution in [0.4, 0.5) is 0 Å². The van der Waals surface area contributed by atoms with Crippen molar-refractivity contribution in [3.8, 4) is 0 Å². The van der Waals surface area contributed by atoms with Crippen LogP contribution in [0.2, 0.25) is 10.0 Å². The average molecular weight is 468 g/mol. The monoisotopic (exact) mass is 467 g/mol. The molecule has 2 aliphatic heterocycles. The molecule has 3 rings (SSSR count). The fraction of sp³-hybridized carbons (Fsp3) is 0.565. The van der Waals surface area contributed by atoms with E-state index in [1.54, 1.807) is 29.2 Å². The predicted molar refractivity (Wildman–Crippen MR) is 124 cm³/mol. The Balaban J connectivity index is 1.46. The summed E-state index contributed by atoms with van der Waals surface area (Å²) in [6.07, 6.45) is 5.05. The van der Waals surface area contributed by atoms with Gasteiger partial charge in [-0.2, -0.15) is 0 Å². The van der Waals surface area contributed by atoms with Gasteiger partial charge in [-0.3, -0.25) is 9.59 Å². The molecule has 2 aliphatic rings. The van der Waals surface area contributed by atoms with Crippen LogP contribution >= 0.6 is 23.2 Å². The van der Waals surface area contributed by atoms with Gasteiger partial charge in [0.25, 0.3) is 0 Å². The Hall–Kier alpha value is -1.60. The highest BCUT2D eigenvalue weighted by Gasteiger charge is 2.25. The van der Waals surface area contributed by atoms with E-state index in [1.807, 2.05) is 4.90 Å². The molecular weight excluding hydrogens is 437 g/mol. The van der Waals surface area contributed by atoms with Crippen LogP contribution in [0, 0.1) is 5.92 Å². The largest absolute Gasteiger partial charge is 0.392 e. The Kier molecular flexibility index (Phi) is 8.78. The molecule has 1 aromatic carbocycles. The van der Waals surface area contributed by atoms with Crippen LogP contribution in [0.25, 0.3) is 6.08 Å². The maximum Gasteiger partial charge on any atom is 0.246 e. The molecule has 2 atom stereocenters. The Bertz CT molecular complexity index is 807. The van der Waals surface area contributed by atoms with Crippen molar-refractivity contribution in [2.75, 3.05) is 45.8 Å². The van der Waals surface area contributed by atoms with E-state index in [0.717, 1.165) is 31.5 Å². The molecule has 2 amide bonds. The van der Waals surface area contributed by atoms with Gasteiger partial charge in [0.2, 0.25) is 11.8 Å². The van der Waals surface area contributed by atoms with Crippen molar-refractivity contribution in [2.45, 2.75) is 32.3 Å². The third kappa shape index (κ3) is 7.21. The molecule has 2 saturated heterocycles. The number of aliphatic hydroxyl groups is 1. The summed E-state index contributed by atoms with van der Waals surface area (Å²) < 4.78 is 0. The van der Waals surface area contributed by atoms with Crippen LogP contribution in [0.3, 0.4) is 0 Å². The average Bonchev–Trinajstić information content (AvgIpc) is 2.90. The highest BCUT2D eigenvalue weighted by atomic mass is 35.5. The number of halogens is 2. The first kappa shape index (κ1) is 24.1. The van der Waals surface area contributed by atoms with Crippen molar-refractivity contribution in [3.63, 3.8) is 0 Å². The Labute approximate surface area is 194 Å². The zero-order valence-electron chi connectivity index (χ0n) is 18.0. The van der Waals surface area contributed by atoms with Gasteiger partial charge in [-0.1, -0.05) is 36.2 Å². The maximum absolute atomic E-state index is 12.6. The summed E-state index contributed by atoms with van der Waals surface area (Å²) in [5.74, 6) is 0.480. The molecule has 8 heteroatoms. The molecule has 2 fully saturated rings. The van der Waals surface area contributed by atoms with E-state index in [4.69, 9.17) is 23.2 Å². The number of carbonyl (C=O) groups excluding carboxylic acids is 2. The topological polar surface area (TPSA) is 64.1 Å². The van der Waals surface area contributed by atoms with Gasteiger partial charge in [0.1, 0.15) is 0 Å². The van der Waals surface area contributed by atoms with Gasteiger partial charge in [-0.25, -0.2) is 0 Å². The molecule has 0 aromatic heterocycles. The number of piperidine rings is 1. The number of nitrogens with zero attached hydrogens (tertiary/aromatic N) is 3. The van der Waals surface area contributed by atoms with Gasteiger partial charge in [0.05, 0.1) is 16.1 Å². The Morgan fingerprint density at radius 3 is 2.71 bits per heavy atom. The summed E-state index contributed by atoms with van der Waals surface area (Å²) in [5, 5.41) is 10.9. The fourth-order valence-corrected chi connectivity index (χ4v) is 4.61. The minimum atomic E-state index is -0.250. The van der Waals surface area contributed by atoms with E-state index in [1.165, 1.54) is 6.08 Å². The van der Waals surface area contributed by atoms with Gasteiger partial charge in [0, 0.05) is 51.8 Å². The molecule has 0 radical (unpaired) electrons. The number of β-amino-alcohol motifs (C(OH)–C–C–N with tert-alkyl or cyclic N) is 1. The molecule has 2 heterocycles. The first-order chi connectivity index (χ1) is 14.8. The standard InChI is InChI=1S/C23H31Cl2N3O3/c1-17-13-19(29)16-26(15-17)8-2-9-27-11-12-28(10-7-23(27)31)22(30)6-4-18-3-5-20(24)21(25)14-18/h3-6,14,17,19,29H,2,7-13,15-16H2,1H3/b6-4+/t17-,19+/m0/s1. The summed E-state index contributed by atoms with van der Waals surface area (Å²) in [7, 11) is 0. The van der Waals surface area contributed by atoms with Gasteiger partial charge < -0.3 is 19.8 Å². The van der Waals surface area contributed by atoms with Crippen molar-refractivity contribution in [2.24, 2.45) is 5.92 Å². The SMILES string of the molecule is C[C@H]1C[C@@H](O)CN(CCCN2CCN(C(=O)/C=C/c3ccc(Cl)c(Cl)c3)CCC2=O)C1. The molecule has 6 nitrogen and oxygen atoms in total. The predicted octanol–water partition coefficient (Wildman–Crippen LogP) is 3.16. The number of hydrogen-bond donors (Lipinski definition) is 1. The second kappa shape index (κ2) is 11.3. The first-order valence-corrected chi connectivity index (χ1v) is 11.7. The molecule has 0 aliphatic carbocycles. The lowest BCUT2D eigenvalue weighted by Gasteiger charge is -2.34. The van der Waals surface area contributed by atoms with Crippen LogP contribution in [-0.4, -0.2) is 83.5 Å². The smallest absolute Gasteiger partial charge is 0.246 e. The van der Waals surface area contributed by atoms with Crippen LogP contribution in [0.15, 0.2) is 24.3 Å². The minimum Gasteiger partial charge on any atom is -0.392 e. The van der Waals surface area contributed by atoms with E-state index in [0.29, 0.717) is 55.1 Å². The molecule has 0 unspecified atom stereocenters. The Morgan fingerprint density at radius 1 is 1.16 bits per heavy atom. The first-order valence-electron chi connectivity index (χ1n) is 10.9. The third-order valence-corrected chi connectivity index (χ3v) is 6.62. The van der Waals surface area contributed by atoms with Gasteiger partial charge >= 0.3 is 0 Å². The minimum absolute atomic E-state index is 0.0933. The number of benzene rings is 1. The van der Waals surface area contributed by atoms with Crippen molar-refractivity contribution in [1.82, 2.24) is 14.7 Å². The normalized spacial score (nSPS) is 23.4. The summed E-state index contributed by atoms with van der Waals surface area (Å²) in [4.78, 5) is 31.0. The molecular formula is C23H31Cl2N3O3. The van der Waals surface area contributed by atoms with Crippen molar-refractivity contribution < 1.29 is 14.7 Å². The lowest BCUT2D eigenvalue weighted by molar-refractivity contribution is -0.130. The molecule has 0 bridgehead atoms. The van der Waals surface area contributed by atoms with Gasteiger partial charge in [0.15, 0.2) is 0 Å². The third-order valence-electron chi connectivity index (χ3n) is 5.88. The summed E-state index contributed by atoms with van der Waals surface area (Å²) in [6.45, 7) is 6.93. The molecule has 1 N–H and O–H groups in total. The van der Waals surface area contributed by atoms with Crippen LogP contribution in [0.5, 0.6) is 0 Å². The highest BCUT2D eigenvalue weighted by molar-refractivity contribution is 6.42. The van der Waals surface area contributed by atoms with E-state index in [-0.39, 0.29) is 17.9 Å². The van der Waals surface area contributed by atoms with E-state index in [9.17, 15) is 14.7 Å². The van der Waals surface area contributed by atoms with E-state index >= 15 is 0 Å². The van der Waals surface area contributed by atoms with Crippen molar-refractivity contribution >= 4 is 41.1 Å². The van der Waals surface area contributed by atoms with Crippen LogP contribution in [0.1, 0.15) is 31.7 Å². The molecule has 170 valence electrons. The lowest BCUT2D eigenvalue weighted by atomic mass is 9.98. The molecule has 0 saturated carbocycles. The maximum atomic E-state index is 12.6. The zero-order chi connectivity index (χ0) is 22.4. The lowest BCUT2D eigenvalue weighted by Crippen LogP contribution is -2.43. The summed E-state index contributed by atoms with van der Waals surface area (Å²) >= 11 is 11.9. The number of carbonyl (C=O) groups is 2. The molecule has 1 aromatic rings. The summed E-state index contributed by atoms with van der Waals surface area (Å²) in [5.41, 5.74) is 0.799. The summed E-state index contributed by atoms with van der Waals surface area (Å²) in [6, 6.07) is 5.21. The number of rotatable bonds is 6. The second-order valence-corrected chi connectivity index (χ2v) is 9.39. The van der Waals surface area contributed by atoms with E-state index < -0.39 is 0 Å². The van der Waals surface area contributed by atoms with Gasteiger partial charge in [-0.15, -0.1) is 0 Å². The van der Waals surface area contributed by atoms with E-state index in [2.05, 4.69) is 11.8 Å². The van der Waals surface area contributed by atoms with Crippen LogP contribution < -0.4 is 0 Å². The highest BCUT2D eigenvalue weighted by Crippen LogP contribution is 2.23. The number of hydrogen-bond acceptors (Lipinski definition) is 4. The van der Waals surface area contributed by atoms with Crippen molar-refractivity contribution in [3.05, 3.63) is 39.9 Å². The van der Waals surface area contributed by atoms with Crippen molar-refractivity contribution in [1.29, 1.82) is 0 Å². The zero-order valence-corrected chi connectivity index (χ0v) is 19.5. The number of likely N-dealkylation sites (tertiary alicyclic amines) is 1. The molecule has 0 spiro atoms. The fourth-order valence-electron chi connectivity index (χ4n) is 4.31.